The summed E-state index contributed by atoms with van der Waals surface area (Å²) in [7, 11) is 0. The van der Waals surface area contributed by atoms with Gasteiger partial charge in [0.05, 0.1) is 4.92 Å². The maximum atomic E-state index is 11.0. The van der Waals surface area contributed by atoms with Gasteiger partial charge in [-0.15, -0.1) is 0 Å². The van der Waals surface area contributed by atoms with Gasteiger partial charge in [0.15, 0.2) is 0 Å². The second-order valence-corrected chi connectivity index (χ2v) is 5.44. The average molecular weight is 277 g/mol. The number of benzene rings is 1. The largest absolute Gasteiger partial charge is 0.317 e. The third kappa shape index (κ3) is 4.02. The molecule has 0 saturated carbocycles. The quantitative estimate of drug-likeness (QED) is 0.641. The van der Waals surface area contributed by atoms with Crippen LogP contribution in [-0.2, 0) is 6.54 Å². The summed E-state index contributed by atoms with van der Waals surface area (Å²) in [6, 6.07) is 7.07. The summed E-state index contributed by atoms with van der Waals surface area (Å²) in [6.07, 6.45) is 2.43. The molecule has 0 aromatic heterocycles. The van der Waals surface area contributed by atoms with E-state index in [0.717, 1.165) is 31.7 Å². The third-order valence-electron chi connectivity index (χ3n) is 3.87. The second kappa shape index (κ2) is 7.36. The number of rotatable bonds is 6. The van der Waals surface area contributed by atoms with Crippen molar-refractivity contribution >= 4 is 5.69 Å². The molecule has 1 heterocycles. The minimum Gasteiger partial charge on any atom is -0.317 e. The van der Waals surface area contributed by atoms with Gasteiger partial charge in [-0.05, 0) is 38.4 Å². The Kier molecular flexibility index (Phi) is 5.49. The number of nitro benzene ring substituents is 1. The van der Waals surface area contributed by atoms with Gasteiger partial charge in [0.1, 0.15) is 0 Å². The van der Waals surface area contributed by atoms with Crippen LogP contribution in [0.15, 0.2) is 24.3 Å². The lowest BCUT2D eigenvalue weighted by Gasteiger charge is -2.32. The zero-order chi connectivity index (χ0) is 14.4. The van der Waals surface area contributed by atoms with Crippen LogP contribution < -0.4 is 5.32 Å². The van der Waals surface area contributed by atoms with E-state index in [0.29, 0.717) is 12.5 Å². The Bertz CT molecular complexity index is 450. The molecule has 1 saturated heterocycles. The number of nitrogens with one attached hydrogen (secondary N) is 1. The first kappa shape index (κ1) is 14.9. The lowest BCUT2D eigenvalue weighted by Crippen LogP contribution is -2.39. The van der Waals surface area contributed by atoms with Crippen molar-refractivity contribution in [3.8, 4) is 0 Å². The fraction of sp³-hybridized carbons (Fsp3) is 0.600. The van der Waals surface area contributed by atoms with Crippen molar-refractivity contribution in [2.24, 2.45) is 5.92 Å². The molecule has 1 N–H and O–H groups in total. The van der Waals surface area contributed by atoms with Crippen molar-refractivity contribution in [1.29, 1.82) is 0 Å². The number of nitro groups is 1. The highest BCUT2D eigenvalue weighted by Crippen LogP contribution is 2.23. The van der Waals surface area contributed by atoms with Crippen LogP contribution in [0.3, 0.4) is 0 Å². The molecule has 0 bridgehead atoms. The molecule has 1 atom stereocenters. The van der Waals surface area contributed by atoms with E-state index in [1.54, 1.807) is 12.1 Å². The summed E-state index contributed by atoms with van der Waals surface area (Å²) in [5.74, 6) is 0.659. The fourth-order valence-corrected chi connectivity index (χ4v) is 2.87. The van der Waals surface area contributed by atoms with Crippen molar-refractivity contribution in [3.05, 3.63) is 39.9 Å². The Hall–Kier alpha value is -1.46. The smallest absolute Gasteiger partial charge is 0.273 e. The molecule has 1 unspecified atom stereocenters. The SMILES string of the molecule is CCNCC1CCCN(Cc2ccccc2[N+](=O)[O-])C1. The van der Waals surface area contributed by atoms with Crippen LogP contribution in [0.1, 0.15) is 25.3 Å². The van der Waals surface area contributed by atoms with E-state index >= 15 is 0 Å². The van der Waals surface area contributed by atoms with Gasteiger partial charge in [0.2, 0.25) is 0 Å². The van der Waals surface area contributed by atoms with Crippen LogP contribution in [0.4, 0.5) is 5.69 Å². The topological polar surface area (TPSA) is 58.4 Å². The van der Waals surface area contributed by atoms with Crippen molar-refractivity contribution in [1.82, 2.24) is 10.2 Å². The molecule has 1 aliphatic rings. The van der Waals surface area contributed by atoms with E-state index in [4.69, 9.17) is 0 Å². The molecule has 5 heteroatoms. The lowest BCUT2D eigenvalue weighted by molar-refractivity contribution is -0.385. The Labute approximate surface area is 120 Å². The first-order valence-electron chi connectivity index (χ1n) is 7.36. The third-order valence-corrected chi connectivity index (χ3v) is 3.87. The average Bonchev–Trinajstić information content (AvgIpc) is 2.46. The minimum atomic E-state index is -0.282. The second-order valence-electron chi connectivity index (χ2n) is 5.44. The van der Waals surface area contributed by atoms with Crippen molar-refractivity contribution < 1.29 is 4.92 Å². The number of nitrogens with zero attached hydrogens (tertiary/aromatic N) is 2. The van der Waals surface area contributed by atoms with E-state index in [1.807, 2.05) is 12.1 Å². The summed E-state index contributed by atoms with van der Waals surface area (Å²) < 4.78 is 0. The van der Waals surface area contributed by atoms with Crippen LogP contribution in [-0.4, -0.2) is 36.0 Å². The predicted octanol–water partition coefficient (Wildman–Crippen LogP) is 2.42. The first-order chi connectivity index (χ1) is 9.70. The van der Waals surface area contributed by atoms with Gasteiger partial charge in [0.25, 0.3) is 5.69 Å². The van der Waals surface area contributed by atoms with Crippen LogP contribution in [0.25, 0.3) is 0 Å². The zero-order valence-corrected chi connectivity index (χ0v) is 12.0. The van der Waals surface area contributed by atoms with Gasteiger partial charge < -0.3 is 5.32 Å². The van der Waals surface area contributed by atoms with Gasteiger partial charge in [0, 0.05) is 24.7 Å². The summed E-state index contributed by atoms with van der Waals surface area (Å²) >= 11 is 0. The molecular formula is C15H23N3O2. The molecule has 1 aromatic rings. The maximum absolute atomic E-state index is 11.0. The zero-order valence-electron chi connectivity index (χ0n) is 12.0. The molecule has 0 amide bonds. The number of hydrogen-bond donors (Lipinski definition) is 1. The van der Waals surface area contributed by atoms with E-state index in [2.05, 4.69) is 17.1 Å². The highest BCUT2D eigenvalue weighted by atomic mass is 16.6. The molecule has 1 aliphatic heterocycles. The molecular weight excluding hydrogens is 254 g/mol. The van der Waals surface area contributed by atoms with E-state index in [-0.39, 0.29) is 10.6 Å². The van der Waals surface area contributed by atoms with Crippen LogP contribution in [0.2, 0.25) is 0 Å². The van der Waals surface area contributed by atoms with Crippen molar-refractivity contribution in [2.45, 2.75) is 26.3 Å². The van der Waals surface area contributed by atoms with Crippen molar-refractivity contribution in [2.75, 3.05) is 26.2 Å². The van der Waals surface area contributed by atoms with E-state index in [1.165, 1.54) is 12.8 Å². The van der Waals surface area contributed by atoms with Gasteiger partial charge in [-0.25, -0.2) is 0 Å². The highest BCUT2D eigenvalue weighted by molar-refractivity contribution is 5.39. The number of piperidine rings is 1. The van der Waals surface area contributed by atoms with E-state index < -0.39 is 0 Å². The number of hydrogen-bond acceptors (Lipinski definition) is 4. The molecule has 1 aromatic carbocycles. The molecule has 0 spiro atoms. The predicted molar refractivity (Wildman–Crippen MR) is 79.6 cm³/mol. The molecule has 1 fully saturated rings. The Morgan fingerprint density at radius 1 is 1.45 bits per heavy atom. The molecule has 2 rings (SSSR count). The highest BCUT2D eigenvalue weighted by Gasteiger charge is 2.22. The minimum absolute atomic E-state index is 0.237. The fourth-order valence-electron chi connectivity index (χ4n) is 2.87. The number of para-hydroxylation sites is 1. The van der Waals surface area contributed by atoms with Gasteiger partial charge in [-0.2, -0.15) is 0 Å². The van der Waals surface area contributed by atoms with Crippen LogP contribution >= 0.6 is 0 Å². The molecule has 0 aliphatic carbocycles. The van der Waals surface area contributed by atoms with Gasteiger partial charge in [-0.3, -0.25) is 15.0 Å². The van der Waals surface area contributed by atoms with Crippen molar-refractivity contribution in [3.63, 3.8) is 0 Å². The standard InChI is InChI=1S/C15H23N3O2/c1-2-16-10-13-6-5-9-17(11-13)12-14-7-3-4-8-15(14)18(19)20/h3-4,7-8,13,16H,2,5-6,9-12H2,1H3. The Balaban J connectivity index is 1.97. The summed E-state index contributed by atoms with van der Waals surface area (Å²) in [5, 5.41) is 14.4. The summed E-state index contributed by atoms with van der Waals surface area (Å²) in [6.45, 7) is 6.91. The maximum Gasteiger partial charge on any atom is 0.273 e. The molecule has 5 nitrogen and oxygen atoms in total. The lowest BCUT2D eigenvalue weighted by atomic mass is 9.97. The Morgan fingerprint density at radius 2 is 2.25 bits per heavy atom. The first-order valence-corrected chi connectivity index (χ1v) is 7.36. The number of likely N-dealkylation sites (tertiary alicyclic amines) is 1. The Morgan fingerprint density at radius 3 is 3.00 bits per heavy atom. The van der Waals surface area contributed by atoms with Crippen LogP contribution in [0, 0.1) is 16.0 Å². The summed E-state index contributed by atoms with van der Waals surface area (Å²) in [5.41, 5.74) is 1.06. The summed E-state index contributed by atoms with van der Waals surface area (Å²) in [4.78, 5) is 13.1. The van der Waals surface area contributed by atoms with Crippen LogP contribution in [0.5, 0.6) is 0 Å². The normalized spacial score (nSPS) is 19.9. The monoisotopic (exact) mass is 277 g/mol. The van der Waals surface area contributed by atoms with E-state index in [9.17, 15) is 10.1 Å². The molecule has 110 valence electrons. The molecule has 0 radical (unpaired) electrons. The van der Waals surface area contributed by atoms with Gasteiger partial charge >= 0.3 is 0 Å². The molecule has 20 heavy (non-hydrogen) atoms. The van der Waals surface area contributed by atoms with Gasteiger partial charge in [-0.1, -0.05) is 25.1 Å².